The molecule has 3 aliphatic heterocycles. The molecule has 17 heteroatoms. The van der Waals surface area contributed by atoms with E-state index < -0.39 is 127 Å². The third kappa shape index (κ3) is 13.8. The number of aromatic nitrogens is 4. The molecular weight excluding hydrogens is 899 g/mol. The number of Topliss-reactive ketones (excluding diaryl/α,β-unsaturated/α-hetero) is 3. The van der Waals surface area contributed by atoms with Gasteiger partial charge in [0.1, 0.15) is 36.5 Å². The van der Waals surface area contributed by atoms with Gasteiger partial charge < -0.3 is 38.8 Å². The largest absolute Gasteiger partial charge is 0.460 e. The zero-order valence-electron chi connectivity index (χ0n) is 50.2. The third-order valence-corrected chi connectivity index (χ3v) is 15.2. The summed E-state index contributed by atoms with van der Waals surface area (Å²) in [6.07, 6.45) is 5.51. The van der Waals surface area contributed by atoms with Crippen LogP contribution in [-0.2, 0) is 47.7 Å². The third-order valence-electron chi connectivity index (χ3n) is 15.2. The van der Waals surface area contributed by atoms with Gasteiger partial charge in [-0.15, -0.1) is 5.10 Å². The van der Waals surface area contributed by atoms with Crippen molar-refractivity contribution >= 4 is 29.2 Å². The van der Waals surface area contributed by atoms with Gasteiger partial charge in [-0.1, -0.05) is 77.9 Å². The van der Waals surface area contributed by atoms with Crippen molar-refractivity contribution in [3.63, 3.8) is 0 Å². The predicted molar refractivity (Wildman–Crippen MR) is 261 cm³/mol. The number of ketones is 3. The molecule has 1 saturated carbocycles. The SMILES string of the molecule is [2H]C([2H])([2H])O[C@H]1C[C@@H]2CC[C@@H](C)[C@@](O)(O2)C(=O)C(=O)N2CCCC[C@H]2C(=O)O[C@H]([C@H](C)C[C@@H]2CC[C@H](n3cnnn3)[C@H](OC)C2)CC(=O)[C@H](C([2H])([2H])[2H])/C=C(\C)[C@@H](O)[C@@H](OC)C(=O)[C@H](C)C([2H])(C)[C@]([2H])(C)/C=C/C=CC=C1C. The summed E-state index contributed by atoms with van der Waals surface area (Å²) < 4.78 is 98.7. The zero-order chi connectivity index (χ0) is 58.3. The number of rotatable bonds is 7. The molecule has 3 fully saturated rings. The summed E-state index contributed by atoms with van der Waals surface area (Å²) in [7, 11) is -0.154. The van der Waals surface area contributed by atoms with Crippen LogP contribution >= 0.6 is 0 Å². The molecule has 1 unspecified atom stereocenters. The lowest BCUT2D eigenvalue weighted by atomic mass is 9.77. The molecule has 1 amide bonds. The Hall–Kier alpha value is -4.26. The number of fused-ring (bicyclic) bond motifs is 3. The van der Waals surface area contributed by atoms with Crippen LogP contribution in [0.25, 0.3) is 0 Å². The van der Waals surface area contributed by atoms with Gasteiger partial charge in [0, 0.05) is 65.3 Å². The molecule has 4 aliphatic rings. The molecule has 2 N–H and O–H groups in total. The van der Waals surface area contributed by atoms with Crippen molar-refractivity contribution in [2.75, 3.05) is 27.8 Å². The molecule has 5 rings (SSSR count). The van der Waals surface area contributed by atoms with Crippen molar-refractivity contribution in [2.45, 2.75) is 180 Å². The Kier molecular flexibility index (Phi) is 16.9. The second-order valence-corrected chi connectivity index (χ2v) is 19.9. The summed E-state index contributed by atoms with van der Waals surface area (Å²) in [4.78, 5) is 73.4. The second-order valence-electron chi connectivity index (χ2n) is 19.9. The van der Waals surface area contributed by atoms with E-state index in [1.807, 2.05) is 0 Å². The highest BCUT2D eigenvalue weighted by Crippen LogP contribution is 2.39. The molecule has 1 aromatic rings. The maximum Gasteiger partial charge on any atom is 0.329 e. The molecule has 2 saturated heterocycles. The van der Waals surface area contributed by atoms with Crippen LogP contribution in [0.4, 0.5) is 0 Å². The Morgan fingerprint density at radius 1 is 0.957 bits per heavy atom. The summed E-state index contributed by atoms with van der Waals surface area (Å²) in [6, 6.07) is -1.54. The van der Waals surface area contributed by atoms with Crippen LogP contribution in [0.15, 0.2) is 53.9 Å². The highest BCUT2D eigenvalue weighted by molar-refractivity contribution is 6.39. The molecule has 4 heterocycles. The normalized spacial score (nSPS) is 42.4. The maximum absolute atomic E-state index is 14.7. The number of hydrogen-bond acceptors (Lipinski definition) is 15. The van der Waals surface area contributed by atoms with Crippen molar-refractivity contribution in [1.82, 2.24) is 25.1 Å². The van der Waals surface area contributed by atoms with Gasteiger partial charge in [-0.3, -0.25) is 19.2 Å². The van der Waals surface area contributed by atoms with Gasteiger partial charge in [-0.2, -0.15) is 0 Å². The number of methoxy groups -OCH3 is 3. The first-order valence-corrected chi connectivity index (χ1v) is 24.6. The van der Waals surface area contributed by atoms with E-state index >= 15 is 0 Å². The van der Waals surface area contributed by atoms with E-state index in [1.54, 1.807) is 37.8 Å². The number of aliphatic hydroxyl groups excluding tert-OH is 1. The van der Waals surface area contributed by atoms with Crippen molar-refractivity contribution in [2.24, 2.45) is 41.4 Å². The van der Waals surface area contributed by atoms with Crippen LogP contribution < -0.4 is 0 Å². The Balaban J connectivity index is 1.58. The zero-order valence-corrected chi connectivity index (χ0v) is 42.2. The Labute approximate surface area is 426 Å². The molecule has 17 nitrogen and oxygen atoms in total. The molecule has 16 atom stereocenters. The molecule has 2 bridgehead atoms. The average molecular weight is 988 g/mol. The fourth-order valence-corrected chi connectivity index (χ4v) is 10.3. The van der Waals surface area contributed by atoms with Gasteiger partial charge in [-0.05, 0) is 117 Å². The van der Waals surface area contributed by atoms with Crippen molar-refractivity contribution in [3.8, 4) is 0 Å². The summed E-state index contributed by atoms with van der Waals surface area (Å²) in [5.74, 6) is -16.3. The van der Waals surface area contributed by atoms with Crippen LogP contribution in [0.1, 0.15) is 143 Å². The number of aliphatic hydroxyl groups is 2. The number of esters is 1. The second kappa shape index (κ2) is 25.9. The number of allylic oxidation sites excluding steroid dienone is 6. The Bertz CT molecular complexity index is 2380. The molecule has 390 valence electrons. The molecule has 1 aliphatic carbocycles. The smallest absolute Gasteiger partial charge is 0.329 e. The van der Waals surface area contributed by atoms with E-state index in [9.17, 15) is 36.9 Å². The predicted octanol–water partition coefficient (Wildman–Crippen LogP) is 6.29. The van der Waals surface area contributed by atoms with Crippen LogP contribution in [0.5, 0.6) is 0 Å². The van der Waals surface area contributed by atoms with Gasteiger partial charge >= 0.3 is 5.97 Å². The van der Waals surface area contributed by atoms with E-state index in [0.29, 0.717) is 44.1 Å². The van der Waals surface area contributed by atoms with Crippen LogP contribution in [-0.4, -0.2) is 141 Å². The standard InChI is InChI=1S/C53H81N5O12/c1-31-17-13-12-14-18-32(2)44(66-9)28-40-22-20-36(6)53(65,70-40)50(62)51(63)57-24-16-15-19-42(57)52(64)69-45(34(4)26-39-21-23-41(46(27-39)67-10)58-30-54-55-56-58)29-43(59)33(3)25-35(5)47(60)49(68-11)48(61)38(8)37(31)7/h12-14,17-18,25,30-31,33-34,36-42,44-47,49,60,65H,15-16,19-24,26-29H2,1-11H3/b14-12?,17-13+,32-18?,35-25+/t31-,33-,34-,36-,37?,38-,39+,40+,41+,42+,44+,45+,46-,47-,49-,53-/m1/s1/i3D3,9D3,31D,37D. The van der Waals surface area contributed by atoms with Gasteiger partial charge in [0.25, 0.3) is 11.7 Å². The van der Waals surface area contributed by atoms with Gasteiger partial charge in [-0.25, -0.2) is 9.48 Å². The average Bonchev–Trinajstić information content (AvgIpc) is 3.93. The highest BCUT2D eigenvalue weighted by atomic mass is 16.6. The van der Waals surface area contributed by atoms with Crippen LogP contribution in [0.3, 0.4) is 0 Å². The lowest BCUT2D eigenvalue weighted by molar-refractivity contribution is -0.265. The minimum Gasteiger partial charge on any atom is -0.460 e. The fourth-order valence-electron chi connectivity index (χ4n) is 10.3. The van der Waals surface area contributed by atoms with Crippen LogP contribution in [0.2, 0.25) is 0 Å². The van der Waals surface area contributed by atoms with E-state index in [-0.39, 0.29) is 55.9 Å². The molecule has 0 radical (unpaired) electrons. The number of carbonyl (C=O) groups is 5. The number of carbonyl (C=O) groups excluding carboxylic acids is 5. The summed E-state index contributed by atoms with van der Waals surface area (Å²) in [5.41, 5.74) is 0.291. The first-order chi connectivity index (χ1) is 36.3. The fraction of sp³-hybridized carbons (Fsp3) is 0.736. The van der Waals surface area contributed by atoms with Crippen molar-refractivity contribution in [1.29, 1.82) is 0 Å². The summed E-state index contributed by atoms with van der Waals surface area (Å²) >= 11 is 0. The van der Waals surface area contributed by atoms with Gasteiger partial charge in [0.15, 0.2) is 5.78 Å². The van der Waals surface area contributed by atoms with Crippen LogP contribution in [0, 0.1) is 41.4 Å². The number of nitrogens with zero attached hydrogens (tertiary/aromatic N) is 5. The minimum absolute atomic E-state index is 0.0428. The Morgan fingerprint density at radius 2 is 1.73 bits per heavy atom. The van der Waals surface area contributed by atoms with E-state index in [1.165, 1.54) is 59.2 Å². The van der Waals surface area contributed by atoms with E-state index in [4.69, 9.17) is 31.9 Å². The lowest BCUT2D eigenvalue weighted by Gasteiger charge is -2.42. The number of hydrogen-bond donors (Lipinski definition) is 2. The number of piperidine rings is 1. The van der Waals surface area contributed by atoms with E-state index in [2.05, 4.69) is 15.5 Å². The molecule has 70 heavy (non-hydrogen) atoms. The quantitative estimate of drug-likeness (QED) is 0.174. The summed E-state index contributed by atoms with van der Waals surface area (Å²) in [5, 5.41) is 35.4. The summed E-state index contributed by atoms with van der Waals surface area (Å²) in [6.45, 7) is 7.37. The molecule has 0 aromatic carbocycles. The first kappa shape index (κ1) is 45.6. The number of tetrazole rings is 1. The van der Waals surface area contributed by atoms with Gasteiger partial charge in [0.2, 0.25) is 5.79 Å². The Morgan fingerprint density at radius 3 is 2.41 bits per heavy atom. The number of ether oxygens (including phenoxy) is 5. The molecule has 0 spiro atoms. The first-order valence-electron chi connectivity index (χ1n) is 28.6. The highest BCUT2D eigenvalue weighted by Gasteiger charge is 2.53. The topological polar surface area (TPSA) is 219 Å². The van der Waals surface area contributed by atoms with E-state index in [0.717, 1.165) is 18.1 Å². The minimum atomic E-state index is -3.02. The maximum atomic E-state index is 14.7. The van der Waals surface area contributed by atoms with Gasteiger partial charge in [0.05, 0.1) is 28.5 Å². The molecular formula is C53H81N5O12. The van der Waals surface area contributed by atoms with Crippen molar-refractivity contribution in [3.05, 3.63) is 53.9 Å². The lowest BCUT2D eigenvalue weighted by Crippen LogP contribution is -2.61. The monoisotopic (exact) mass is 988 g/mol. The molecule has 1 aromatic heterocycles. The van der Waals surface area contributed by atoms with Crippen molar-refractivity contribution < 1.29 is 68.8 Å². The number of amides is 1. The number of cyclic esters (lactones) is 1.